The highest BCUT2D eigenvalue weighted by atomic mass is 79.9. The fraction of sp³-hybridized carbons (Fsp3) is 0.417. The van der Waals surface area contributed by atoms with Crippen LogP contribution in [0.2, 0.25) is 0 Å². The summed E-state index contributed by atoms with van der Waals surface area (Å²) in [7, 11) is 1.45. The van der Waals surface area contributed by atoms with E-state index in [1.807, 2.05) is 6.07 Å². The molecule has 0 fully saturated rings. The van der Waals surface area contributed by atoms with Crippen LogP contribution in [-0.4, -0.2) is 28.6 Å². The van der Waals surface area contributed by atoms with Gasteiger partial charge in [-0.1, -0.05) is 22.0 Å². The summed E-state index contributed by atoms with van der Waals surface area (Å²) in [5.41, 5.74) is 1.28. The number of rotatable bonds is 6. The van der Waals surface area contributed by atoms with Crippen molar-refractivity contribution in [3.8, 4) is 5.75 Å². The van der Waals surface area contributed by atoms with E-state index in [1.54, 1.807) is 12.1 Å². The summed E-state index contributed by atoms with van der Waals surface area (Å²) < 4.78 is 5.04. The van der Waals surface area contributed by atoms with Gasteiger partial charge in [-0.2, -0.15) is 0 Å². The number of halogens is 1. The lowest BCUT2D eigenvalue weighted by Crippen LogP contribution is -2.12. The Morgan fingerprint density at radius 2 is 2.24 bits per heavy atom. The van der Waals surface area contributed by atoms with Gasteiger partial charge in [0, 0.05) is 10.9 Å². The largest absolute Gasteiger partial charge is 0.496 e. The summed E-state index contributed by atoms with van der Waals surface area (Å²) in [5.74, 6) is -0.886. The Morgan fingerprint density at radius 1 is 1.53 bits per heavy atom. The van der Waals surface area contributed by atoms with Crippen molar-refractivity contribution in [1.29, 1.82) is 0 Å². The van der Waals surface area contributed by atoms with Crippen molar-refractivity contribution in [2.24, 2.45) is 0 Å². The van der Waals surface area contributed by atoms with Crippen LogP contribution in [0.5, 0.6) is 5.75 Å². The summed E-state index contributed by atoms with van der Waals surface area (Å²) >= 11 is 3.34. The average Bonchev–Trinajstić information content (AvgIpc) is 2.34. The van der Waals surface area contributed by atoms with Crippen LogP contribution in [-0.2, 0) is 11.2 Å². The van der Waals surface area contributed by atoms with Gasteiger partial charge in [0.15, 0.2) is 6.10 Å². The molecule has 0 heterocycles. The number of carboxylic acid groups (broad SMARTS) is 1. The van der Waals surface area contributed by atoms with Gasteiger partial charge < -0.3 is 14.9 Å². The van der Waals surface area contributed by atoms with Gasteiger partial charge in [0.2, 0.25) is 0 Å². The predicted molar refractivity (Wildman–Crippen MR) is 67.7 cm³/mol. The molecule has 0 aliphatic rings. The van der Waals surface area contributed by atoms with Crippen LogP contribution in [0.1, 0.15) is 23.7 Å². The van der Waals surface area contributed by atoms with Crippen molar-refractivity contribution in [2.45, 2.75) is 18.9 Å². The first-order valence-corrected chi connectivity index (χ1v) is 6.36. The van der Waals surface area contributed by atoms with Gasteiger partial charge in [0.1, 0.15) is 5.75 Å². The Morgan fingerprint density at radius 3 is 2.76 bits per heavy atom. The zero-order chi connectivity index (χ0) is 12.8. The van der Waals surface area contributed by atoms with Crippen LogP contribution < -0.4 is 4.74 Å². The summed E-state index contributed by atoms with van der Waals surface area (Å²) in [4.78, 5) is 10.8. The first-order valence-electron chi connectivity index (χ1n) is 5.23. The zero-order valence-corrected chi connectivity index (χ0v) is 11.1. The minimum Gasteiger partial charge on any atom is -0.496 e. The monoisotopic (exact) mass is 302 g/mol. The molecule has 4 nitrogen and oxygen atoms in total. The molecule has 0 saturated heterocycles. The second kappa shape index (κ2) is 6.61. The van der Waals surface area contributed by atoms with Crippen LogP contribution >= 0.6 is 15.9 Å². The number of aryl methyl sites for hydroxylation is 1. The molecule has 5 heteroatoms. The number of hydrogen-bond acceptors (Lipinski definition) is 3. The van der Waals surface area contributed by atoms with Gasteiger partial charge in [-0.05, 0) is 30.5 Å². The molecule has 0 amide bonds. The fourth-order valence-electron chi connectivity index (χ4n) is 1.56. The maximum absolute atomic E-state index is 10.8. The minimum atomic E-state index is -1.55. The van der Waals surface area contributed by atoms with E-state index in [-0.39, 0.29) is 0 Å². The molecule has 0 bridgehead atoms. The van der Waals surface area contributed by atoms with Crippen LogP contribution in [0.15, 0.2) is 18.2 Å². The molecule has 0 spiro atoms. The van der Waals surface area contributed by atoms with E-state index in [9.17, 15) is 9.90 Å². The van der Waals surface area contributed by atoms with Crippen LogP contribution in [0, 0.1) is 0 Å². The van der Waals surface area contributed by atoms with Crippen molar-refractivity contribution in [2.75, 3.05) is 12.4 Å². The Bertz CT molecular complexity index is 392. The third kappa shape index (κ3) is 3.71. The maximum Gasteiger partial charge on any atom is 0.337 e. The third-order valence-electron chi connectivity index (χ3n) is 2.42. The molecule has 1 atom stereocenters. The number of aliphatic hydroxyl groups excluding tert-OH is 1. The van der Waals surface area contributed by atoms with Crippen molar-refractivity contribution in [1.82, 2.24) is 0 Å². The summed E-state index contributed by atoms with van der Waals surface area (Å²) in [6.45, 7) is 0. The Hall–Kier alpha value is -1.07. The highest BCUT2D eigenvalue weighted by molar-refractivity contribution is 9.09. The van der Waals surface area contributed by atoms with Crippen molar-refractivity contribution in [3.63, 3.8) is 0 Å². The zero-order valence-electron chi connectivity index (χ0n) is 9.52. The van der Waals surface area contributed by atoms with E-state index in [1.165, 1.54) is 7.11 Å². The molecule has 1 aromatic carbocycles. The molecule has 1 unspecified atom stereocenters. The number of aliphatic hydroxyl groups is 1. The lowest BCUT2D eigenvalue weighted by molar-refractivity contribution is -0.147. The van der Waals surface area contributed by atoms with Gasteiger partial charge in [0.05, 0.1) is 7.11 Å². The Labute approximate surface area is 108 Å². The number of carboxylic acids is 1. The predicted octanol–water partition coefficient (Wildman–Crippen LogP) is 2.14. The van der Waals surface area contributed by atoms with Crippen molar-refractivity contribution >= 4 is 21.9 Å². The van der Waals surface area contributed by atoms with E-state index in [4.69, 9.17) is 9.84 Å². The quantitative estimate of drug-likeness (QED) is 0.790. The first kappa shape index (κ1) is 14.0. The van der Waals surface area contributed by atoms with Gasteiger partial charge in [-0.3, -0.25) is 0 Å². The molecular formula is C12H15BrO4. The molecule has 94 valence electrons. The highest BCUT2D eigenvalue weighted by Gasteiger charge is 2.20. The molecule has 0 aliphatic heterocycles. The number of alkyl halides is 1. The second-order valence-corrected chi connectivity index (χ2v) is 4.40. The summed E-state index contributed by atoms with van der Waals surface area (Å²) in [6.07, 6.45) is 0.234. The summed E-state index contributed by atoms with van der Waals surface area (Å²) in [5, 5.41) is 19.3. The first-order chi connectivity index (χ1) is 8.10. The van der Waals surface area contributed by atoms with Gasteiger partial charge in [-0.25, -0.2) is 4.79 Å². The lowest BCUT2D eigenvalue weighted by Gasteiger charge is -2.13. The normalized spacial score (nSPS) is 12.2. The molecule has 2 N–H and O–H groups in total. The molecule has 1 rings (SSSR count). The summed E-state index contributed by atoms with van der Waals surface area (Å²) in [6, 6.07) is 5.24. The van der Waals surface area contributed by atoms with Crippen LogP contribution in [0.4, 0.5) is 0 Å². The standard InChI is InChI=1S/C12H15BrO4/c1-17-10-5-4-8(3-2-6-13)7-9(10)11(14)12(15)16/h4-5,7,11,14H,2-3,6H2,1H3,(H,15,16). The third-order valence-corrected chi connectivity index (χ3v) is 2.98. The topological polar surface area (TPSA) is 66.8 Å². The molecule has 17 heavy (non-hydrogen) atoms. The van der Waals surface area contributed by atoms with Gasteiger partial charge in [-0.15, -0.1) is 0 Å². The van der Waals surface area contributed by atoms with Crippen LogP contribution in [0.25, 0.3) is 0 Å². The van der Waals surface area contributed by atoms with Gasteiger partial charge in [0.25, 0.3) is 0 Å². The second-order valence-electron chi connectivity index (χ2n) is 3.61. The van der Waals surface area contributed by atoms with Gasteiger partial charge >= 0.3 is 5.97 Å². The van der Waals surface area contributed by atoms with E-state index < -0.39 is 12.1 Å². The molecular weight excluding hydrogens is 288 g/mol. The highest BCUT2D eigenvalue weighted by Crippen LogP contribution is 2.27. The molecule has 1 aromatic rings. The number of benzene rings is 1. The van der Waals surface area contributed by atoms with Crippen molar-refractivity contribution in [3.05, 3.63) is 29.3 Å². The number of ether oxygens (including phenoxy) is 1. The molecule has 0 aliphatic carbocycles. The Kier molecular flexibility index (Phi) is 5.44. The van der Waals surface area contributed by atoms with Crippen LogP contribution in [0.3, 0.4) is 0 Å². The fourth-order valence-corrected chi connectivity index (χ4v) is 1.84. The number of hydrogen-bond donors (Lipinski definition) is 2. The van der Waals surface area contributed by atoms with E-state index in [0.717, 1.165) is 23.7 Å². The number of methoxy groups -OCH3 is 1. The number of carbonyl (C=O) groups is 1. The lowest BCUT2D eigenvalue weighted by atomic mass is 10.0. The average molecular weight is 303 g/mol. The SMILES string of the molecule is COc1ccc(CCCBr)cc1C(O)C(=O)O. The smallest absolute Gasteiger partial charge is 0.337 e. The molecule has 0 aromatic heterocycles. The van der Waals surface area contributed by atoms with E-state index in [2.05, 4.69) is 15.9 Å². The maximum atomic E-state index is 10.8. The Balaban J connectivity index is 3.01. The molecule has 0 radical (unpaired) electrons. The van der Waals surface area contributed by atoms with Crippen molar-refractivity contribution < 1.29 is 19.7 Å². The minimum absolute atomic E-state index is 0.298. The van der Waals surface area contributed by atoms with E-state index in [0.29, 0.717) is 11.3 Å². The van der Waals surface area contributed by atoms with E-state index >= 15 is 0 Å². The number of aliphatic carboxylic acids is 1. The molecule has 0 saturated carbocycles.